The van der Waals surface area contributed by atoms with E-state index in [1.165, 1.54) is 11.8 Å². The van der Waals surface area contributed by atoms with Gasteiger partial charge in [-0.1, -0.05) is 32.5 Å². The number of hydrogen-bond donors (Lipinski definition) is 2. The monoisotopic (exact) mass is 284 g/mol. The fraction of sp³-hybridized carbons (Fsp3) is 0.583. The van der Waals surface area contributed by atoms with Crippen molar-refractivity contribution >= 4 is 23.5 Å². The molecule has 7 heteroatoms. The maximum Gasteiger partial charge on any atom is 0.316 e. The van der Waals surface area contributed by atoms with Crippen molar-refractivity contribution in [1.29, 1.82) is 0 Å². The third-order valence-electron chi connectivity index (χ3n) is 2.16. The Morgan fingerprint density at radius 2 is 2.16 bits per heavy atom. The van der Waals surface area contributed by atoms with E-state index in [-0.39, 0.29) is 17.1 Å². The lowest BCUT2D eigenvalue weighted by molar-refractivity contribution is -0.139. The summed E-state index contributed by atoms with van der Waals surface area (Å²) in [5, 5.41) is 0.695. The summed E-state index contributed by atoms with van der Waals surface area (Å²) in [6.45, 7) is 8.21. The van der Waals surface area contributed by atoms with Crippen molar-refractivity contribution in [1.82, 2.24) is 9.97 Å². The Balaban J connectivity index is 2.86. The zero-order valence-corrected chi connectivity index (χ0v) is 12.5. The van der Waals surface area contributed by atoms with Gasteiger partial charge in [-0.05, 0) is 6.92 Å². The number of carbonyl (C=O) groups excluding carboxylic acids is 1. The molecule has 106 valence electrons. The Morgan fingerprint density at radius 3 is 2.68 bits per heavy atom. The van der Waals surface area contributed by atoms with Gasteiger partial charge in [0.25, 0.3) is 0 Å². The number of nitrogens with zero attached hydrogens (tertiary/aromatic N) is 2. The predicted octanol–water partition coefficient (Wildman–Crippen LogP) is 1.71. The van der Waals surface area contributed by atoms with Crippen LogP contribution in [0, 0.1) is 0 Å². The molecule has 0 spiro atoms. The van der Waals surface area contributed by atoms with Crippen molar-refractivity contribution in [3.05, 3.63) is 11.9 Å². The van der Waals surface area contributed by atoms with E-state index in [0.717, 1.165) is 0 Å². The molecule has 0 saturated heterocycles. The van der Waals surface area contributed by atoms with Gasteiger partial charge in [0.2, 0.25) is 0 Å². The number of hydrazine groups is 1. The number of hydrogen-bond acceptors (Lipinski definition) is 7. The van der Waals surface area contributed by atoms with Crippen molar-refractivity contribution in [3.63, 3.8) is 0 Å². The van der Waals surface area contributed by atoms with Crippen LogP contribution in [0.5, 0.6) is 0 Å². The molecule has 1 aromatic rings. The highest BCUT2D eigenvalue weighted by Crippen LogP contribution is 2.24. The minimum absolute atomic E-state index is 0.188. The number of aromatic nitrogens is 2. The summed E-state index contributed by atoms with van der Waals surface area (Å²) in [5.41, 5.74) is 2.32. The average molecular weight is 284 g/mol. The molecular formula is C12H20N4O2S. The van der Waals surface area contributed by atoms with E-state index in [4.69, 9.17) is 10.6 Å². The van der Waals surface area contributed by atoms with E-state index in [0.29, 0.717) is 23.3 Å². The summed E-state index contributed by atoms with van der Waals surface area (Å²) < 4.78 is 4.87. The molecule has 1 rings (SSSR count). The first-order valence-corrected chi connectivity index (χ1v) is 7.00. The molecule has 0 aliphatic heterocycles. The third kappa shape index (κ3) is 5.04. The Bertz CT molecular complexity index is 446. The molecule has 6 nitrogen and oxygen atoms in total. The fourth-order valence-corrected chi connectivity index (χ4v) is 1.94. The van der Waals surface area contributed by atoms with Gasteiger partial charge in [-0.2, -0.15) is 0 Å². The largest absolute Gasteiger partial charge is 0.465 e. The van der Waals surface area contributed by atoms with E-state index in [2.05, 4.69) is 15.4 Å². The number of rotatable bonds is 5. The van der Waals surface area contributed by atoms with Crippen molar-refractivity contribution in [2.45, 2.75) is 38.1 Å². The van der Waals surface area contributed by atoms with E-state index in [1.807, 2.05) is 20.8 Å². The maximum absolute atomic E-state index is 11.3. The normalized spacial score (nSPS) is 11.2. The van der Waals surface area contributed by atoms with E-state index < -0.39 is 0 Å². The van der Waals surface area contributed by atoms with E-state index in [1.54, 1.807) is 13.0 Å². The van der Waals surface area contributed by atoms with E-state index >= 15 is 0 Å². The molecule has 0 fully saturated rings. The molecule has 19 heavy (non-hydrogen) atoms. The molecule has 1 aromatic heterocycles. The van der Waals surface area contributed by atoms with Gasteiger partial charge in [-0.3, -0.25) is 4.79 Å². The molecule has 0 aliphatic rings. The lowest BCUT2D eigenvalue weighted by Crippen LogP contribution is -2.19. The molecule has 0 aromatic carbocycles. The Hall–Kier alpha value is -1.34. The number of nitrogen functional groups attached to an aromatic ring is 1. The van der Waals surface area contributed by atoms with Crippen molar-refractivity contribution in [2.24, 2.45) is 5.84 Å². The van der Waals surface area contributed by atoms with Crippen LogP contribution in [0.15, 0.2) is 11.1 Å². The van der Waals surface area contributed by atoms with Crippen LogP contribution in [0.4, 0.5) is 5.82 Å². The number of nitrogens with one attached hydrogen (secondary N) is 1. The first-order chi connectivity index (χ1) is 8.86. The highest BCUT2D eigenvalue weighted by atomic mass is 32.2. The van der Waals surface area contributed by atoms with Gasteiger partial charge < -0.3 is 10.2 Å². The van der Waals surface area contributed by atoms with E-state index in [9.17, 15) is 4.79 Å². The van der Waals surface area contributed by atoms with Crippen LogP contribution in [0.1, 0.15) is 33.5 Å². The Kier molecular flexibility index (Phi) is 5.56. The molecule has 1 heterocycles. The van der Waals surface area contributed by atoms with Gasteiger partial charge >= 0.3 is 5.97 Å². The number of esters is 1. The molecule has 0 saturated carbocycles. The minimum atomic E-state index is -0.259. The van der Waals surface area contributed by atoms with Gasteiger partial charge in [0.15, 0.2) is 0 Å². The Morgan fingerprint density at radius 1 is 1.47 bits per heavy atom. The van der Waals surface area contributed by atoms with Gasteiger partial charge in [-0.15, -0.1) is 0 Å². The lowest BCUT2D eigenvalue weighted by Gasteiger charge is -2.18. The highest BCUT2D eigenvalue weighted by Gasteiger charge is 2.19. The molecular weight excluding hydrogens is 264 g/mol. The molecule has 0 radical (unpaired) electrons. The van der Waals surface area contributed by atoms with Crippen LogP contribution >= 0.6 is 11.8 Å². The predicted molar refractivity (Wildman–Crippen MR) is 75.9 cm³/mol. The minimum Gasteiger partial charge on any atom is -0.465 e. The number of anilines is 1. The molecule has 0 unspecified atom stereocenters. The summed E-state index contributed by atoms with van der Waals surface area (Å²) >= 11 is 1.31. The maximum atomic E-state index is 11.3. The third-order valence-corrected chi connectivity index (χ3v) is 3.05. The van der Waals surface area contributed by atoms with Crippen LogP contribution in [0.25, 0.3) is 0 Å². The van der Waals surface area contributed by atoms with Gasteiger partial charge in [0, 0.05) is 11.5 Å². The molecule has 0 aliphatic carbocycles. The van der Waals surface area contributed by atoms with Crippen molar-refractivity contribution < 1.29 is 9.53 Å². The summed E-state index contributed by atoms with van der Waals surface area (Å²) in [4.78, 5) is 20.1. The molecule has 0 amide bonds. The highest BCUT2D eigenvalue weighted by molar-refractivity contribution is 7.99. The summed E-state index contributed by atoms with van der Waals surface area (Å²) in [6, 6.07) is 1.71. The molecule has 3 N–H and O–H groups in total. The quantitative estimate of drug-likeness (QED) is 0.280. The average Bonchev–Trinajstić information content (AvgIpc) is 2.35. The second-order valence-corrected chi connectivity index (χ2v) is 5.90. The topological polar surface area (TPSA) is 90.1 Å². The Labute approximate surface area is 117 Å². The summed E-state index contributed by atoms with van der Waals surface area (Å²) in [7, 11) is 0. The van der Waals surface area contributed by atoms with Crippen LogP contribution in [0.3, 0.4) is 0 Å². The second-order valence-electron chi connectivity index (χ2n) is 4.90. The van der Waals surface area contributed by atoms with Gasteiger partial charge in [-0.25, -0.2) is 15.8 Å². The van der Waals surface area contributed by atoms with Crippen LogP contribution < -0.4 is 11.3 Å². The number of carbonyl (C=O) groups is 1. The molecule has 0 atom stereocenters. The smallest absolute Gasteiger partial charge is 0.316 e. The van der Waals surface area contributed by atoms with Crippen molar-refractivity contribution in [3.8, 4) is 0 Å². The SMILES string of the molecule is CCOC(=O)CSc1cc(NN)nc(C(C)(C)C)n1. The second kappa shape index (κ2) is 6.72. The van der Waals surface area contributed by atoms with Crippen LogP contribution in [-0.2, 0) is 14.9 Å². The molecule has 0 bridgehead atoms. The lowest BCUT2D eigenvalue weighted by atomic mass is 9.96. The number of nitrogens with two attached hydrogens (primary N) is 1. The summed E-state index contributed by atoms with van der Waals surface area (Å²) in [6.07, 6.45) is 0. The van der Waals surface area contributed by atoms with Gasteiger partial charge in [0.05, 0.1) is 12.4 Å². The van der Waals surface area contributed by atoms with Gasteiger partial charge in [0.1, 0.15) is 16.7 Å². The van der Waals surface area contributed by atoms with Crippen LogP contribution in [0.2, 0.25) is 0 Å². The zero-order valence-electron chi connectivity index (χ0n) is 11.7. The number of ether oxygens (including phenoxy) is 1. The summed E-state index contributed by atoms with van der Waals surface area (Å²) in [5.74, 6) is 6.56. The van der Waals surface area contributed by atoms with Crippen molar-refractivity contribution in [2.75, 3.05) is 17.8 Å². The standard InChI is InChI=1S/C12H20N4O2S/c1-5-18-10(17)7-19-9-6-8(16-13)14-11(15-9)12(2,3)4/h6H,5,7,13H2,1-4H3,(H,14,15,16). The first-order valence-electron chi connectivity index (χ1n) is 6.01. The number of thioether (sulfide) groups is 1. The first kappa shape index (κ1) is 15.7. The van der Waals surface area contributed by atoms with Crippen LogP contribution in [-0.4, -0.2) is 28.3 Å². The fourth-order valence-electron chi connectivity index (χ4n) is 1.24. The zero-order chi connectivity index (χ0) is 14.5.